The van der Waals surface area contributed by atoms with Gasteiger partial charge >= 0.3 is 5.23 Å². The van der Waals surface area contributed by atoms with E-state index < -0.39 is 16.3 Å². The molecule has 1 atom stereocenters. The van der Waals surface area contributed by atoms with Gasteiger partial charge in [0.2, 0.25) is 11.1 Å². The largest absolute Gasteiger partial charge is 0.381 e. The summed E-state index contributed by atoms with van der Waals surface area (Å²) in [6.07, 6.45) is 0. The van der Waals surface area contributed by atoms with Crippen molar-refractivity contribution in [2.45, 2.75) is 0 Å². The highest BCUT2D eigenvalue weighted by Crippen LogP contribution is 1.87. The van der Waals surface area contributed by atoms with Crippen LogP contribution in [0.2, 0.25) is 0 Å². The maximum atomic E-state index is 10.8. The summed E-state index contributed by atoms with van der Waals surface area (Å²) >= 11 is -2.83. The Labute approximate surface area is 45.3 Å². The van der Waals surface area contributed by atoms with Crippen LogP contribution < -0.4 is 0 Å². The molecule has 0 rings (SSSR count). The zero-order valence-electron chi connectivity index (χ0n) is 3.38. The van der Waals surface area contributed by atoms with Gasteiger partial charge in [-0.05, 0) is 5.21 Å². The average molecular weight is 145 g/mol. The van der Waals surface area contributed by atoms with Gasteiger partial charge in [-0.1, -0.05) is 4.48 Å². The van der Waals surface area contributed by atoms with Crippen molar-refractivity contribution < 1.29 is 22.7 Å². The fraction of sp³-hybridized carbons (Fsp3) is 0. The minimum atomic E-state index is -2.83. The van der Waals surface area contributed by atoms with Gasteiger partial charge in [-0.2, -0.15) is 0 Å². The lowest BCUT2D eigenvalue weighted by Gasteiger charge is -1.84. The monoisotopic (exact) mass is 145 g/mol. The second kappa shape index (κ2) is 3.44. The Kier molecular flexibility index (Phi) is 3.20. The lowest BCUT2D eigenvalue weighted by Crippen LogP contribution is -2.04. The van der Waals surface area contributed by atoms with Gasteiger partial charge in [-0.3, -0.25) is 9.49 Å². The molecule has 0 amide bonds. The molecule has 0 bridgehead atoms. The van der Waals surface area contributed by atoms with Gasteiger partial charge < -0.3 is 0 Å². The summed E-state index contributed by atoms with van der Waals surface area (Å²) in [4.78, 5) is 2.49. The first-order valence-corrected chi connectivity index (χ1v) is 2.41. The number of nitrogens with zero attached hydrogens (tertiary/aromatic N) is 1. The van der Waals surface area contributed by atoms with E-state index in [2.05, 4.69) is 4.94 Å². The van der Waals surface area contributed by atoms with Crippen molar-refractivity contribution in [3.8, 4) is 0 Å². The van der Waals surface area contributed by atoms with E-state index >= 15 is 0 Å². The van der Waals surface area contributed by atoms with Crippen LogP contribution in [0.25, 0.3) is 0 Å². The predicted molar refractivity (Wildman–Crippen MR) is 21.5 cm³/mol. The highest BCUT2D eigenvalue weighted by atomic mass is 32.2. The molecular formula is CHF2NO3S. The van der Waals surface area contributed by atoms with E-state index in [0.717, 1.165) is 0 Å². The zero-order chi connectivity index (χ0) is 6.57. The van der Waals surface area contributed by atoms with Gasteiger partial charge in [0.05, 0.1) is 0 Å². The summed E-state index contributed by atoms with van der Waals surface area (Å²) in [5.41, 5.74) is 0. The molecule has 0 aromatic rings. The molecule has 0 aromatic carbocycles. The van der Waals surface area contributed by atoms with Crippen LogP contribution in [0.1, 0.15) is 0 Å². The predicted octanol–water partition coefficient (Wildman–Crippen LogP) is 0.350. The van der Waals surface area contributed by atoms with Crippen LogP contribution in [-0.2, 0) is 16.0 Å². The molecule has 0 saturated carbocycles. The summed E-state index contributed by atoms with van der Waals surface area (Å²) in [5.74, 6) is 0. The van der Waals surface area contributed by atoms with E-state index in [1.54, 1.807) is 0 Å². The van der Waals surface area contributed by atoms with Crippen molar-refractivity contribution >= 4 is 16.3 Å². The van der Waals surface area contributed by atoms with Crippen LogP contribution in [0.15, 0.2) is 5.21 Å². The molecule has 0 aliphatic rings. The van der Waals surface area contributed by atoms with Gasteiger partial charge in [0.15, 0.2) is 0 Å². The van der Waals surface area contributed by atoms with Crippen molar-refractivity contribution in [1.82, 2.24) is 0 Å². The lowest BCUT2D eigenvalue weighted by atomic mass is 11.5. The van der Waals surface area contributed by atoms with Crippen LogP contribution in [0.3, 0.4) is 0 Å². The quantitative estimate of drug-likeness (QED) is 0.304. The molecule has 1 N–H and O–H groups in total. The van der Waals surface area contributed by atoms with Crippen LogP contribution in [-0.4, -0.2) is 14.0 Å². The van der Waals surface area contributed by atoms with Crippen LogP contribution in [0.5, 0.6) is 0 Å². The topological polar surface area (TPSA) is 58.9 Å². The van der Waals surface area contributed by atoms with Gasteiger partial charge in [-0.25, -0.2) is 4.21 Å². The van der Waals surface area contributed by atoms with Crippen LogP contribution in [0, 0.1) is 0 Å². The first kappa shape index (κ1) is 7.44. The molecule has 0 fully saturated rings. The van der Waals surface area contributed by atoms with E-state index in [1.165, 1.54) is 5.21 Å². The third-order valence-electron chi connectivity index (χ3n) is 0.284. The Morgan fingerprint density at radius 3 is 2.38 bits per heavy atom. The molecule has 0 aliphatic carbocycles. The molecule has 1 unspecified atom stereocenters. The highest BCUT2D eigenvalue weighted by molar-refractivity contribution is 7.95. The molecule has 7 heteroatoms. The van der Waals surface area contributed by atoms with E-state index in [9.17, 15) is 13.2 Å². The Morgan fingerprint density at radius 1 is 1.88 bits per heavy atom. The van der Waals surface area contributed by atoms with Crippen molar-refractivity contribution in [2.75, 3.05) is 0 Å². The highest BCUT2D eigenvalue weighted by Gasteiger charge is 2.08. The van der Waals surface area contributed by atoms with Crippen LogP contribution in [0.4, 0.5) is 9.01 Å². The molecule has 4 nitrogen and oxygen atoms in total. The summed E-state index contributed by atoms with van der Waals surface area (Å²) < 4.78 is 38.7. The van der Waals surface area contributed by atoms with E-state index in [4.69, 9.17) is 4.55 Å². The Hall–Kier alpha value is -0.560. The SMILES string of the molecule is O=S(O)/C(=N/F)OF. The van der Waals surface area contributed by atoms with Gasteiger partial charge in [-0.15, -0.1) is 0 Å². The Balaban J connectivity index is 3.92. The number of hydrogen-bond donors (Lipinski definition) is 1. The van der Waals surface area contributed by atoms with Crippen molar-refractivity contribution in [2.24, 2.45) is 5.21 Å². The summed E-state index contributed by atoms with van der Waals surface area (Å²) in [6, 6.07) is 0. The molecular weight excluding hydrogens is 144 g/mol. The maximum absolute atomic E-state index is 10.8. The Morgan fingerprint density at radius 2 is 2.38 bits per heavy atom. The molecule has 48 valence electrons. The Bertz CT molecular complexity index is 124. The fourth-order valence-corrected chi connectivity index (χ4v) is 0.182. The molecule has 0 radical (unpaired) electrons. The van der Waals surface area contributed by atoms with Crippen LogP contribution >= 0.6 is 0 Å². The summed E-state index contributed by atoms with van der Waals surface area (Å²) in [6.45, 7) is 0. The fourth-order valence-electron chi connectivity index (χ4n) is 0.0695. The number of rotatable bonds is 0. The first-order valence-electron chi connectivity index (χ1n) is 1.30. The van der Waals surface area contributed by atoms with E-state index in [-0.39, 0.29) is 0 Å². The minimum absolute atomic E-state index is 1.48. The molecule has 0 heterocycles. The minimum Gasteiger partial charge on any atom is -0.298 e. The van der Waals surface area contributed by atoms with Gasteiger partial charge in [0.1, 0.15) is 0 Å². The van der Waals surface area contributed by atoms with E-state index in [0.29, 0.717) is 0 Å². The average Bonchev–Trinajstić information content (AvgIpc) is 1.69. The standard InChI is InChI=1S/CHF2NO3S/c2-4-1(7-3)8(5)6/h(H,5,6)/b4-1+. The van der Waals surface area contributed by atoms with Gasteiger partial charge in [0, 0.05) is 4.53 Å². The first-order chi connectivity index (χ1) is 3.72. The third-order valence-corrected chi connectivity index (χ3v) is 0.715. The van der Waals surface area contributed by atoms with Crippen molar-refractivity contribution in [3.05, 3.63) is 0 Å². The van der Waals surface area contributed by atoms with Crippen molar-refractivity contribution in [1.29, 1.82) is 0 Å². The maximum Gasteiger partial charge on any atom is 0.381 e. The number of halogens is 2. The summed E-state index contributed by atoms with van der Waals surface area (Å²) in [7, 11) is 0. The van der Waals surface area contributed by atoms with E-state index in [1.807, 2.05) is 0 Å². The molecule has 8 heavy (non-hydrogen) atoms. The second-order valence-electron chi connectivity index (χ2n) is 0.677. The zero-order valence-corrected chi connectivity index (χ0v) is 4.19. The molecule has 0 spiro atoms. The third kappa shape index (κ3) is 1.94. The normalized spacial score (nSPS) is 15.6. The summed E-state index contributed by atoms with van der Waals surface area (Å²) in [5, 5.41) is -0.0201. The molecule has 0 saturated heterocycles. The lowest BCUT2D eigenvalue weighted by molar-refractivity contribution is -0.0210. The second-order valence-corrected chi connectivity index (χ2v) is 1.52. The van der Waals surface area contributed by atoms with Crippen molar-refractivity contribution in [3.63, 3.8) is 0 Å². The van der Waals surface area contributed by atoms with Gasteiger partial charge in [0.25, 0.3) is 0 Å². The molecule has 0 aliphatic heterocycles. The number of hydrogen-bond acceptors (Lipinski definition) is 3. The molecule has 0 aromatic heterocycles. The smallest absolute Gasteiger partial charge is 0.298 e.